The maximum atomic E-state index is 12.9. The fourth-order valence-corrected chi connectivity index (χ4v) is 2.57. The highest BCUT2D eigenvalue weighted by Gasteiger charge is 2.46. The zero-order valence-electron chi connectivity index (χ0n) is 16.6. The molecule has 1 heterocycles. The molecule has 0 atom stereocenters. The van der Waals surface area contributed by atoms with E-state index in [9.17, 15) is 31.5 Å². The van der Waals surface area contributed by atoms with Crippen LogP contribution in [0.1, 0.15) is 48.2 Å². The summed E-state index contributed by atoms with van der Waals surface area (Å²) in [5.74, 6) is -2.51. The molecule has 168 valence electrons. The number of rotatable bonds is 5. The second-order valence-corrected chi connectivity index (χ2v) is 6.33. The molecular weight excluding hydrogens is 425 g/mol. The number of amides is 2. The second-order valence-electron chi connectivity index (χ2n) is 6.33. The van der Waals surface area contributed by atoms with Crippen LogP contribution in [0, 0.1) is 0 Å². The first-order valence-electron chi connectivity index (χ1n) is 9.27. The average Bonchev–Trinajstić information content (AvgIpc) is 3.54. The van der Waals surface area contributed by atoms with Crippen LogP contribution in [0.15, 0.2) is 36.7 Å². The number of alkyl halides is 5. The zero-order valence-corrected chi connectivity index (χ0v) is 16.6. The monoisotopic (exact) mass is 445 g/mol. The number of aromatic nitrogens is 2. The minimum atomic E-state index is -4.46. The van der Waals surface area contributed by atoms with Crippen LogP contribution in [0.25, 0.3) is 0 Å². The summed E-state index contributed by atoms with van der Waals surface area (Å²) in [7, 11) is 0. The molecule has 0 radical (unpaired) electrons. The topological polar surface area (TPSA) is 96.0 Å². The molecule has 1 aromatic carbocycles. The largest absolute Gasteiger partial charge is 0.416 e. The van der Waals surface area contributed by atoms with E-state index < -0.39 is 35.5 Å². The SMILES string of the molecule is CC.O=C(NNC(=O)C(F)F)c1cnc(NC2(c3cccc(C(F)(F)F)c3)CC2)nc1. The third kappa shape index (κ3) is 6.09. The second kappa shape index (κ2) is 9.67. The van der Waals surface area contributed by atoms with E-state index >= 15 is 0 Å². The molecule has 1 aliphatic rings. The Hall–Kier alpha value is -3.31. The number of carbonyl (C=O) groups excluding carboxylic acids is 2. The molecule has 0 unspecified atom stereocenters. The van der Waals surface area contributed by atoms with Crippen molar-refractivity contribution in [3.05, 3.63) is 53.3 Å². The van der Waals surface area contributed by atoms with Gasteiger partial charge in [0.25, 0.3) is 5.91 Å². The Balaban J connectivity index is 0.00000166. The highest BCUT2D eigenvalue weighted by atomic mass is 19.4. The van der Waals surface area contributed by atoms with Crippen molar-refractivity contribution >= 4 is 17.8 Å². The van der Waals surface area contributed by atoms with E-state index in [2.05, 4.69) is 15.3 Å². The van der Waals surface area contributed by atoms with E-state index in [-0.39, 0.29) is 11.5 Å². The van der Waals surface area contributed by atoms with Crippen molar-refractivity contribution in [2.24, 2.45) is 0 Å². The van der Waals surface area contributed by atoms with Gasteiger partial charge < -0.3 is 5.32 Å². The lowest BCUT2D eigenvalue weighted by molar-refractivity contribution is -0.137. The maximum absolute atomic E-state index is 12.9. The highest BCUT2D eigenvalue weighted by molar-refractivity contribution is 5.95. The van der Waals surface area contributed by atoms with E-state index in [1.54, 1.807) is 11.5 Å². The summed E-state index contributed by atoms with van der Waals surface area (Å²) in [5, 5.41) is 2.97. The van der Waals surface area contributed by atoms with Gasteiger partial charge in [-0.05, 0) is 30.5 Å². The van der Waals surface area contributed by atoms with E-state index in [1.807, 2.05) is 13.8 Å². The van der Waals surface area contributed by atoms with Crippen LogP contribution in [-0.4, -0.2) is 28.2 Å². The number of halogens is 5. The predicted octanol–water partition coefficient (Wildman–Crippen LogP) is 3.65. The van der Waals surface area contributed by atoms with Crippen LogP contribution in [0.5, 0.6) is 0 Å². The lowest BCUT2D eigenvalue weighted by Gasteiger charge is -2.19. The third-order valence-electron chi connectivity index (χ3n) is 4.26. The fourth-order valence-electron chi connectivity index (χ4n) is 2.57. The molecule has 7 nitrogen and oxygen atoms in total. The molecule has 2 aromatic rings. The number of benzene rings is 1. The lowest BCUT2D eigenvalue weighted by atomic mass is 10.0. The molecule has 0 aliphatic heterocycles. The summed E-state index contributed by atoms with van der Waals surface area (Å²) in [6, 6.07) is 4.94. The summed E-state index contributed by atoms with van der Waals surface area (Å²) in [6.45, 7) is 4.00. The Morgan fingerprint density at radius 1 is 1.06 bits per heavy atom. The van der Waals surface area contributed by atoms with Crippen molar-refractivity contribution in [2.45, 2.75) is 44.8 Å². The molecular formula is C19H20F5N5O2. The number of nitrogens with one attached hydrogen (secondary N) is 3. The van der Waals surface area contributed by atoms with Gasteiger partial charge in [0.05, 0.1) is 16.7 Å². The van der Waals surface area contributed by atoms with Crippen molar-refractivity contribution in [1.82, 2.24) is 20.8 Å². The van der Waals surface area contributed by atoms with Gasteiger partial charge in [0.2, 0.25) is 5.95 Å². The number of hydrogen-bond acceptors (Lipinski definition) is 5. The minimum Gasteiger partial charge on any atom is -0.345 e. The van der Waals surface area contributed by atoms with Gasteiger partial charge in [-0.2, -0.15) is 22.0 Å². The van der Waals surface area contributed by atoms with Gasteiger partial charge >= 0.3 is 18.5 Å². The van der Waals surface area contributed by atoms with Crippen LogP contribution >= 0.6 is 0 Å². The molecule has 1 fully saturated rings. The summed E-state index contributed by atoms with van der Waals surface area (Å²) < 4.78 is 62.9. The number of nitrogens with zero attached hydrogens (tertiary/aromatic N) is 2. The Labute approximate surface area is 174 Å². The van der Waals surface area contributed by atoms with E-state index in [0.29, 0.717) is 18.4 Å². The van der Waals surface area contributed by atoms with Crippen molar-refractivity contribution in [2.75, 3.05) is 5.32 Å². The predicted molar refractivity (Wildman–Crippen MR) is 101 cm³/mol. The molecule has 2 amide bonds. The summed E-state index contributed by atoms with van der Waals surface area (Å²) in [5.41, 5.74) is 2.13. The van der Waals surface area contributed by atoms with Gasteiger partial charge in [0.1, 0.15) is 0 Å². The molecule has 1 aromatic heterocycles. The lowest BCUT2D eigenvalue weighted by Crippen LogP contribution is -2.44. The van der Waals surface area contributed by atoms with E-state index in [1.165, 1.54) is 11.5 Å². The molecule has 1 aliphatic carbocycles. The Morgan fingerprint density at radius 3 is 2.19 bits per heavy atom. The molecule has 31 heavy (non-hydrogen) atoms. The quantitative estimate of drug-likeness (QED) is 0.482. The van der Waals surface area contributed by atoms with Gasteiger partial charge in [-0.3, -0.25) is 20.4 Å². The van der Waals surface area contributed by atoms with Crippen LogP contribution in [0.4, 0.5) is 27.9 Å². The van der Waals surface area contributed by atoms with Crippen LogP contribution in [0.2, 0.25) is 0 Å². The first kappa shape index (κ1) is 24.0. The first-order valence-corrected chi connectivity index (χ1v) is 9.27. The highest BCUT2D eigenvalue weighted by Crippen LogP contribution is 2.48. The van der Waals surface area contributed by atoms with Crippen molar-refractivity contribution in [3.8, 4) is 0 Å². The van der Waals surface area contributed by atoms with Gasteiger partial charge in [-0.25, -0.2) is 9.97 Å². The molecule has 3 rings (SSSR count). The number of anilines is 1. The van der Waals surface area contributed by atoms with Crippen molar-refractivity contribution in [3.63, 3.8) is 0 Å². The smallest absolute Gasteiger partial charge is 0.345 e. The van der Waals surface area contributed by atoms with E-state index in [4.69, 9.17) is 0 Å². The Kier molecular flexibility index (Phi) is 7.47. The summed E-state index contributed by atoms with van der Waals surface area (Å²) in [6.07, 6.45) is -4.44. The number of hydrogen-bond donors (Lipinski definition) is 3. The average molecular weight is 445 g/mol. The minimum absolute atomic E-state index is 0.0769. The Bertz CT molecular complexity index is 915. The van der Waals surface area contributed by atoms with Gasteiger partial charge in [-0.1, -0.05) is 26.0 Å². The van der Waals surface area contributed by atoms with E-state index in [0.717, 1.165) is 24.5 Å². The molecule has 0 saturated heterocycles. The van der Waals surface area contributed by atoms with Crippen molar-refractivity contribution in [1.29, 1.82) is 0 Å². The molecule has 1 saturated carbocycles. The van der Waals surface area contributed by atoms with Gasteiger partial charge in [0.15, 0.2) is 0 Å². The van der Waals surface area contributed by atoms with Crippen LogP contribution in [-0.2, 0) is 16.5 Å². The van der Waals surface area contributed by atoms with Crippen LogP contribution < -0.4 is 16.2 Å². The first-order chi connectivity index (χ1) is 14.6. The summed E-state index contributed by atoms with van der Waals surface area (Å²) in [4.78, 5) is 30.3. The number of carbonyl (C=O) groups is 2. The summed E-state index contributed by atoms with van der Waals surface area (Å²) >= 11 is 0. The molecule has 0 spiro atoms. The number of hydrazine groups is 1. The zero-order chi connectivity index (χ0) is 23.2. The molecule has 0 bridgehead atoms. The third-order valence-corrected chi connectivity index (χ3v) is 4.26. The fraction of sp³-hybridized carbons (Fsp3) is 0.368. The normalized spacial score (nSPS) is 14.2. The van der Waals surface area contributed by atoms with Crippen LogP contribution in [0.3, 0.4) is 0 Å². The molecule has 3 N–H and O–H groups in total. The van der Waals surface area contributed by atoms with Gasteiger partial charge in [0, 0.05) is 12.4 Å². The van der Waals surface area contributed by atoms with Crippen molar-refractivity contribution < 1.29 is 31.5 Å². The molecule has 12 heteroatoms. The Morgan fingerprint density at radius 2 is 1.68 bits per heavy atom. The maximum Gasteiger partial charge on any atom is 0.416 e. The standard InChI is InChI=1S/C17H14F5N5O2.C2H6/c18-12(19)14(29)27-26-13(28)9-7-23-15(24-8-9)25-16(4-5-16)10-2-1-3-11(6-10)17(20,21)22;1-2/h1-3,6-8,12H,4-5H2,(H,26,28)(H,27,29)(H,23,24,25);1-2H3. The van der Waals surface area contributed by atoms with Gasteiger partial charge in [-0.15, -0.1) is 0 Å².